The lowest BCUT2D eigenvalue weighted by atomic mass is 10.1. The van der Waals surface area contributed by atoms with Gasteiger partial charge in [0, 0.05) is 6.04 Å². The summed E-state index contributed by atoms with van der Waals surface area (Å²) in [6, 6.07) is 6.04. The quantitative estimate of drug-likeness (QED) is 0.845. The molecule has 90 valence electrons. The molecular weight excluding hydrogens is 219 g/mol. The Morgan fingerprint density at radius 2 is 2.12 bits per heavy atom. The molecule has 1 aliphatic rings. The standard InChI is InChI=1S/C13H15FN2O/c14-11-7-9(5-6-13(11)17)12(8-15)16-10-3-1-2-4-10/h5-7,10,12,16-17H,1-4H2. The number of hydrogen-bond acceptors (Lipinski definition) is 3. The van der Waals surface area contributed by atoms with E-state index in [1.165, 1.54) is 25.0 Å². The smallest absolute Gasteiger partial charge is 0.165 e. The molecular formula is C13H15FN2O. The van der Waals surface area contributed by atoms with Gasteiger partial charge in [-0.1, -0.05) is 18.9 Å². The highest BCUT2D eigenvalue weighted by molar-refractivity contribution is 5.32. The van der Waals surface area contributed by atoms with Crippen molar-refractivity contribution in [2.75, 3.05) is 0 Å². The molecule has 3 nitrogen and oxygen atoms in total. The van der Waals surface area contributed by atoms with E-state index in [0.29, 0.717) is 11.6 Å². The Hall–Kier alpha value is -1.60. The van der Waals surface area contributed by atoms with Crippen LogP contribution in [0.25, 0.3) is 0 Å². The largest absolute Gasteiger partial charge is 0.505 e. The molecule has 1 saturated carbocycles. The van der Waals surface area contributed by atoms with E-state index in [4.69, 9.17) is 10.4 Å². The Morgan fingerprint density at radius 1 is 1.41 bits per heavy atom. The fourth-order valence-corrected chi connectivity index (χ4v) is 2.24. The van der Waals surface area contributed by atoms with E-state index in [0.717, 1.165) is 12.8 Å². The fourth-order valence-electron chi connectivity index (χ4n) is 2.24. The molecule has 2 N–H and O–H groups in total. The first-order valence-electron chi connectivity index (χ1n) is 5.85. The van der Waals surface area contributed by atoms with Crippen LogP contribution >= 0.6 is 0 Å². The number of nitriles is 1. The molecule has 1 aromatic rings. The molecule has 1 aromatic carbocycles. The third-order valence-corrected chi connectivity index (χ3v) is 3.19. The molecule has 0 spiro atoms. The van der Waals surface area contributed by atoms with Crippen LogP contribution in [0.3, 0.4) is 0 Å². The Bertz CT molecular complexity index is 436. The number of rotatable bonds is 3. The molecule has 1 fully saturated rings. The maximum Gasteiger partial charge on any atom is 0.165 e. The molecule has 0 aliphatic heterocycles. The Morgan fingerprint density at radius 3 is 2.71 bits per heavy atom. The number of halogens is 1. The van der Waals surface area contributed by atoms with Crippen LogP contribution in [0, 0.1) is 17.1 Å². The summed E-state index contributed by atoms with van der Waals surface area (Å²) in [5.74, 6) is -1.07. The van der Waals surface area contributed by atoms with Crippen molar-refractivity contribution in [2.45, 2.75) is 37.8 Å². The molecule has 0 radical (unpaired) electrons. The zero-order valence-electron chi connectivity index (χ0n) is 9.49. The minimum atomic E-state index is -0.684. The van der Waals surface area contributed by atoms with E-state index in [1.54, 1.807) is 6.07 Å². The van der Waals surface area contributed by atoms with E-state index >= 15 is 0 Å². The summed E-state index contributed by atoms with van der Waals surface area (Å²) in [5, 5.41) is 21.4. The fraction of sp³-hybridized carbons (Fsp3) is 0.462. The molecule has 1 unspecified atom stereocenters. The van der Waals surface area contributed by atoms with Gasteiger partial charge >= 0.3 is 0 Å². The third-order valence-electron chi connectivity index (χ3n) is 3.19. The zero-order chi connectivity index (χ0) is 12.3. The molecule has 0 heterocycles. The topological polar surface area (TPSA) is 56.0 Å². The second-order valence-electron chi connectivity index (χ2n) is 4.42. The van der Waals surface area contributed by atoms with Gasteiger partial charge in [-0.3, -0.25) is 5.32 Å². The van der Waals surface area contributed by atoms with Crippen LogP contribution in [0.5, 0.6) is 5.75 Å². The van der Waals surface area contributed by atoms with Crippen LogP contribution < -0.4 is 5.32 Å². The molecule has 4 heteroatoms. The van der Waals surface area contributed by atoms with Crippen molar-refractivity contribution in [3.63, 3.8) is 0 Å². The highest BCUT2D eigenvalue weighted by Gasteiger charge is 2.20. The average Bonchev–Trinajstić information content (AvgIpc) is 2.82. The summed E-state index contributed by atoms with van der Waals surface area (Å²) in [6.45, 7) is 0. The maximum atomic E-state index is 13.2. The van der Waals surface area contributed by atoms with E-state index < -0.39 is 11.9 Å². The van der Waals surface area contributed by atoms with Crippen LogP contribution in [-0.2, 0) is 0 Å². The summed E-state index contributed by atoms with van der Waals surface area (Å²) in [7, 11) is 0. The van der Waals surface area contributed by atoms with Crippen molar-refractivity contribution >= 4 is 0 Å². The molecule has 1 aliphatic carbocycles. The van der Waals surface area contributed by atoms with Crippen LogP contribution in [0.4, 0.5) is 4.39 Å². The number of aromatic hydroxyl groups is 1. The molecule has 0 saturated heterocycles. The minimum absolute atomic E-state index is 0.344. The number of hydrogen-bond donors (Lipinski definition) is 2. The van der Waals surface area contributed by atoms with Gasteiger partial charge in [-0.25, -0.2) is 4.39 Å². The molecule has 1 atom stereocenters. The SMILES string of the molecule is N#CC(NC1CCCC1)c1ccc(O)c(F)c1. The second-order valence-corrected chi connectivity index (χ2v) is 4.42. The highest BCUT2D eigenvalue weighted by atomic mass is 19.1. The first-order valence-corrected chi connectivity index (χ1v) is 5.85. The van der Waals surface area contributed by atoms with Crippen molar-refractivity contribution < 1.29 is 9.50 Å². The van der Waals surface area contributed by atoms with Crippen molar-refractivity contribution in [3.05, 3.63) is 29.6 Å². The number of benzene rings is 1. The maximum absolute atomic E-state index is 13.2. The van der Waals surface area contributed by atoms with Gasteiger partial charge in [-0.2, -0.15) is 5.26 Å². The van der Waals surface area contributed by atoms with E-state index in [2.05, 4.69) is 11.4 Å². The monoisotopic (exact) mass is 234 g/mol. The lowest BCUT2D eigenvalue weighted by molar-refractivity contribution is 0.430. The van der Waals surface area contributed by atoms with Crippen molar-refractivity contribution in [2.24, 2.45) is 0 Å². The minimum Gasteiger partial charge on any atom is -0.505 e. The molecule has 0 amide bonds. The van der Waals surface area contributed by atoms with Crippen LogP contribution in [0.2, 0.25) is 0 Å². The molecule has 17 heavy (non-hydrogen) atoms. The predicted octanol–water partition coefficient (Wildman–Crippen LogP) is 2.63. The van der Waals surface area contributed by atoms with Gasteiger partial charge in [0.2, 0.25) is 0 Å². The first-order chi connectivity index (χ1) is 8.20. The van der Waals surface area contributed by atoms with Crippen LogP contribution in [0.1, 0.15) is 37.3 Å². The summed E-state index contributed by atoms with van der Waals surface area (Å²) >= 11 is 0. The van der Waals surface area contributed by atoms with Gasteiger partial charge in [0.1, 0.15) is 6.04 Å². The van der Waals surface area contributed by atoms with Crippen molar-refractivity contribution in [1.82, 2.24) is 5.32 Å². The van der Waals surface area contributed by atoms with Crippen molar-refractivity contribution in [3.8, 4) is 11.8 Å². The number of nitrogens with one attached hydrogen (secondary N) is 1. The van der Waals surface area contributed by atoms with E-state index in [-0.39, 0.29) is 5.75 Å². The van der Waals surface area contributed by atoms with Crippen LogP contribution in [0.15, 0.2) is 18.2 Å². The molecule has 2 rings (SSSR count). The van der Waals surface area contributed by atoms with Gasteiger partial charge in [-0.05, 0) is 30.5 Å². The van der Waals surface area contributed by atoms with Gasteiger partial charge in [0.25, 0.3) is 0 Å². The van der Waals surface area contributed by atoms with Crippen molar-refractivity contribution in [1.29, 1.82) is 5.26 Å². The Kier molecular flexibility index (Phi) is 3.60. The second kappa shape index (κ2) is 5.15. The first kappa shape index (κ1) is 11.9. The van der Waals surface area contributed by atoms with Gasteiger partial charge in [0.05, 0.1) is 6.07 Å². The normalized spacial score (nSPS) is 17.9. The van der Waals surface area contributed by atoms with Gasteiger partial charge in [0.15, 0.2) is 11.6 Å². The molecule has 0 aromatic heterocycles. The number of phenolic OH excluding ortho intramolecular Hbond substituents is 1. The van der Waals surface area contributed by atoms with Gasteiger partial charge in [-0.15, -0.1) is 0 Å². The summed E-state index contributed by atoms with van der Waals surface area (Å²) in [4.78, 5) is 0. The molecule has 0 bridgehead atoms. The average molecular weight is 234 g/mol. The lowest BCUT2D eigenvalue weighted by Crippen LogP contribution is -2.29. The van der Waals surface area contributed by atoms with Crippen LogP contribution in [-0.4, -0.2) is 11.1 Å². The van der Waals surface area contributed by atoms with Gasteiger partial charge < -0.3 is 5.11 Å². The summed E-state index contributed by atoms with van der Waals surface area (Å²) < 4.78 is 13.2. The number of phenols is 1. The summed E-state index contributed by atoms with van der Waals surface area (Å²) in [5.41, 5.74) is 0.565. The van der Waals surface area contributed by atoms with E-state index in [9.17, 15) is 4.39 Å². The Labute approximate surface area is 99.9 Å². The Balaban J connectivity index is 2.11. The number of nitrogens with zero attached hydrogens (tertiary/aromatic N) is 1. The summed E-state index contributed by atoms with van der Waals surface area (Å²) in [6.07, 6.45) is 4.50. The lowest BCUT2D eigenvalue weighted by Gasteiger charge is -2.17. The third kappa shape index (κ3) is 2.75. The highest BCUT2D eigenvalue weighted by Crippen LogP contribution is 2.24. The van der Waals surface area contributed by atoms with E-state index in [1.807, 2.05) is 0 Å². The zero-order valence-corrected chi connectivity index (χ0v) is 9.49. The predicted molar refractivity (Wildman–Crippen MR) is 61.8 cm³/mol.